The van der Waals surface area contributed by atoms with Gasteiger partial charge in [-0.1, -0.05) is 152 Å². The average molecular weight is 1120 g/mol. The first-order valence-corrected chi connectivity index (χ1v) is 28.3. The van der Waals surface area contributed by atoms with Gasteiger partial charge in [0.15, 0.2) is 0 Å². The maximum absolute atomic E-state index is 14.4. The highest BCUT2D eigenvalue weighted by atomic mass is 16.5. The Morgan fingerprint density at radius 1 is 0.369 bits per heavy atom. The van der Waals surface area contributed by atoms with E-state index in [1.807, 2.05) is 177 Å². The van der Waals surface area contributed by atoms with Crippen LogP contribution < -0.4 is 18.9 Å². The van der Waals surface area contributed by atoms with Crippen molar-refractivity contribution in [3.05, 3.63) is 237 Å². The molecule has 0 fully saturated rings. The molecule has 5 aliphatic rings. The van der Waals surface area contributed by atoms with Crippen LogP contribution in [0.4, 0.5) is 0 Å². The molecule has 0 saturated heterocycles. The van der Waals surface area contributed by atoms with Crippen LogP contribution in [0.1, 0.15) is 105 Å². The van der Waals surface area contributed by atoms with Gasteiger partial charge in [0.1, 0.15) is 23.0 Å². The summed E-state index contributed by atoms with van der Waals surface area (Å²) in [7, 11) is 0. The fraction of sp³-hybridized carbons (Fsp3) is 0.222. The van der Waals surface area contributed by atoms with Gasteiger partial charge in [0.05, 0.1) is 45.6 Å². The first-order chi connectivity index (χ1) is 40.2. The third kappa shape index (κ3) is 13.6. The molecule has 0 spiro atoms. The van der Waals surface area contributed by atoms with Crippen LogP contribution in [0.25, 0.3) is 22.3 Å². The Bertz CT molecular complexity index is 3950. The number of benzene rings is 4. The number of nitrogens with zero attached hydrogens (tertiary/aromatic N) is 4. The van der Waals surface area contributed by atoms with E-state index in [1.165, 1.54) is 0 Å². The summed E-state index contributed by atoms with van der Waals surface area (Å²) in [4.78, 5) is 78.2. The lowest BCUT2D eigenvalue weighted by Gasteiger charge is -2.21. The van der Waals surface area contributed by atoms with Crippen LogP contribution in [0.15, 0.2) is 235 Å². The molecule has 12 heteroatoms. The smallest absolute Gasteiger partial charge is 0.338 e. The van der Waals surface area contributed by atoms with E-state index in [0.717, 1.165) is 0 Å². The Morgan fingerprint density at radius 2 is 0.714 bits per heavy atom. The summed E-state index contributed by atoms with van der Waals surface area (Å²) < 4.78 is 25.7. The second-order valence-corrected chi connectivity index (χ2v) is 22.4. The molecule has 8 bridgehead atoms. The van der Waals surface area contributed by atoms with Crippen LogP contribution in [0.5, 0.6) is 23.0 Å². The summed E-state index contributed by atoms with van der Waals surface area (Å²) >= 11 is 0. The number of hydrogen-bond acceptors (Lipinski definition) is 12. The summed E-state index contributed by atoms with van der Waals surface area (Å²) in [5.74, 6) is -1.15. The van der Waals surface area contributed by atoms with E-state index in [4.69, 9.17) is 38.9 Å². The van der Waals surface area contributed by atoms with E-state index in [-0.39, 0.29) is 46.7 Å². The monoisotopic (exact) mass is 1120 g/mol. The second-order valence-electron chi connectivity index (χ2n) is 22.4. The zero-order valence-corrected chi connectivity index (χ0v) is 49.5. The van der Waals surface area contributed by atoms with E-state index in [1.54, 1.807) is 76.2 Å². The quantitative estimate of drug-likeness (QED) is 0.0610. The fourth-order valence-electron chi connectivity index (χ4n) is 10.2. The molecule has 0 aliphatic carbocycles. The second kappa shape index (κ2) is 25.6. The molecule has 0 saturated carbocycles. The van der Waals surface area contributed by atoms with Crippen molar-refractivity contribution in [2.24, 2.45) is 43.6 Å². The number of hydrogen-bond donors (Lipinski definition) is 0. The largest absolute Gasteiger partial charge is 0.423 e. The van der Waals surface area contributed by atoms with Crippen molar-refractivity contribution in [3.8, 4) is 23.0 Å². The van der Waals surface area contributed by atoms with E-state index >= 15 is 0 Å². The summed E-state index contributed by atoms with van der Waals surface area (Å²) in [6.07, 6.45) is 22.5. The maximum Gasteiger partial charge on any atom is 0.338 e. The first-order valence-electron chi connectivity index (χ1n) is 28.3. The molecule has 9 rings (SSSR count). The van der Waals surface area contributed by atoms with Gasteiger partial charge in [0.2, 0.25) is 0 Å². The Balaban J connectivity index is 1.46. The molecule has 0 amide bonds. The molecule has 12 nitrogen and oxygen atoms in total. The molecule has 424 valence electrons. The van der Waals surface area contributed by atoms with Gasteiger partial charge in [-0.3, -0.25) is 0 Å². The van der Waals surface area contributed by atoms with Gasteiger partial charge in [0.25, 0.3) is 0 Å². The minimum Gasteiger partial charge on any atom is -0.423 e. The average Bonchev–Trinajstić information content (AvgIpc) is 2.34. The van der Waals surface area contributed by atoms with Crippen molar-refractivity contribution in [2.45, 2.75) is 83.1 Å². The molecule has 0 radical (unpaired) electrons. The Hall–Kier alpha value is -9.68. The predicted molar refractivity (Wildman–Crippen MR) is 337 cm³/mol. The minimum absolute atomic E-state index is 0.0407. The highest BCUT2D eigenvalue weighted by Gasteiger charge is 2.37. The number of carbonyl (C=O) groups is 4. The van der Waals surface area contributed by atoms with Crippen molar-refractivity contribution in [1.82, 2.24) is 0 Å². The normalized spacial score (nSPS) is 16.2. The third-order valence-corrected chi connectivity index (χ3v) is 13.6. The van der Waals surface area contributed by atoms with Crippen LogP contribution in [0, 0.1) is 23.7 Å². The Kier molecular flexibility index (Phi) is 18.0. The summed E-state index contributed by atoms with van der Waals surface area (Å²) in [6, 6.07) is 28.8. The van der Waals surface area contributed by atoms with Crippen molar-refractivity contribution in [2.75, 3.05) is 0 Å². The lowest BCUT2D eigenvalue weighted by Crippen LogP contribution is -2.15. The van der Waals surface area contributed by atoms with Gasteiger partial charge in [-0.25, -0.2) is 39.1 Å². The van der Waals surface area contributed by atoms with Gasteiger partial charge >= 0.3 is 23.9 Å². The zero-order valence-electron chi connectivity index (χ0n) is 49.5. The lowest BCUT2D eigenvalue weighted by atomic mass is 9.85. The SMILES string of the molecule is CC(=CC(C)C)C(=O)Oc1ccccc1C1=CC2=CC3=NC(=CC4=NC(=CC5=NC(=C(c6ccccc6OC(=O)C(C)=CC(C)C)C1=N2)C(c1ccccc1OC(=O)C(C)=CC(C)C)=C5c1ccccc1OC(=O)C(C)=CC(C)C)C=C4)C=C3. The molecule has 84 heavy (non-hydrogen) atoms. The lowest BCUT2D eigenvalue weighted by molar-refractivity contribution is -0.131. The minimum atomic E-state index is -0.574. The summed E-state index contributed by atoms with van der Waals surface area (Å²) in [6.45, 7) is 22.8. The van der Waals surface area contributed by atoms with Crippen molar-refractivity contribution in [3.63, 3.8) is 0 Å². The molecule has 5 heterocycles. The number of carbonyl (C=O) groups excluding carboxylic acids is 4. The van der Waals surface area contributed by atoms with Crippen molar-refractivity contribution >= 4 is 69.0 Å². The molecule has 0 N–H and O–H groups in total. The summed E-state index contributed by atoms with van der Waals surface area (Å²) in [5, 5.41) is 0. The summed E-state index contributed by atoms with van der Waals surface area (Å²) in [5.41, 5.74) is 9.18. The zero-order chi connectivity index (χ0) is 59.9. The number of aliphatic imine (C=N–C) groups is 4. The standard InChI is InChI=1S/C72H68N4O8/c1-41(2)33-45(9)69(77)81-60-25-17-13-21-54(60)58-39-53-38-51-30-29-49(73-51)37-50-31-32-52(74-50)40-59-64(55-22-14-18-26-61(55)82-70(78)46(10)34-42(3)4)65(56-23-15-19-27-62(56)83-71(79)47(11)35-43(5)6)68(76-59)66(67(58)75-53)57-24-16-20-28-63(57)84-72(80)48(12)36-44(7)8/h13-44H,1-12H3. The highest BCUT2D eigenvalue weighted by Crippen LogP contribution is 2.51. The molecular formula is C72H68N4O8. The molecule has 4 aromatic carbocycles. The number of esters is 4. The number of para-hydroxylation sites is 4. The van der Waals surface area contributed by atoms with Crippen LogP contribution in [0.3, 0.4) is 0 Å². The van der Waals surface area contributed by atoms with Crippen molar-refractivity contribution in [1.29, 1.82) is 0 Å². The number of rotatable bonds is 16. The topological polar surface area (TPSA) is 155 Å². The van der Waals surface area contributed by atoms with Gasteiger partial charge in [-0.2, -0.15) is 0 Å². The molecule has 5 aliphatic heterocycles. The van der Waals surface area contributed by atoms with Gasteiger partial charge in [-0.15, -0.1) is 0 Å². The van der Waals surface area contributed by atoms with E-state index < -0.39 is 23.9 Å². The third-order valence-electron chi connectivity index (χ3n) is 13.6. The molecule has 0 unspecified atom stereocenters. The van der Waals surface area contributed by atoms with Crippen molar-refractivity contribution < 1.29 is 38.1 Å². The first kappa shape index (κ1) is 59.0. The van der Waals surface area contributed by atoms with Gasteiger partial charge < -0.3 is 18.9 Å². The van der Waals surface area contributed by atoms with Gasteiger partial charge in [0, 0.05) is 66.8 Å². The van der Waals surface area contributed by atoms with E-state index in [0.29, 0.717) is 112 Å². The molecule has 0 atom stereocenters. The fourth-order valence-corrected chi connectivity index (χ4v) is 10.2. The van der Waals surface area contributed by atoms with Crippen LogP contribution in [-0.4, -0.2) is 46.7 Å². The molecular weight excluding hydrogens is 1050 g/mol. The Morgan fingerprint density at radius 3 is 1.13 bits per heavy atom. The predicted octanol–water partition coefficient (Wildman–Crippen LogP) is 15.7. The maximum atomic E-state index is 14.4. The van der Waals surface area contributed by atoms with Crippen LogP contribution >= 0.6 is 0 Å². The van der Waals surface area contributed by atoms with E-state index in [2.05, 4.69) is 0 Å². The van der Waals surface area contributed by atoms with Crippen LogP contribution in [-0.2, 0) is 19.2 Å². The number of ether oxygens (including phenoxy) is 4. The molecule has 4 aromatic rings. The highest BCUT2D eigenvalue weighted by molar-refractivity contribution is 6.51. The number of fused-ring (bicyclic) bond motifs is 4. The number of allylic oxidation sites excluding steroid dienone is 16. The van der Waals surface area contributed by atoms with E-state index in [9.17, 15) is 19.2 Å². The van der Waals surface area contributed by atoms with Gasteiger partial charge in [-0.05, 0) is 124 Å². The molecule has 0 aromatic heterocycles. The Labute approximate surface area is 491 Å². The van der Waals surface area contributed by atoms with Crippen LogP contribution in [0.2, 0.25) is 0 Å².